The van der Waals surface area contributed by atoms with Crippen LogP contribution < -0.4 is 0 Å². The zero-order chi connectivity index (χ0) is 9.19. The molecule has 0 heterocycles. The second-order valence-electron chi connectivity index (χ2n) is 2.83. The van der Waals surface area contributed by atoms with E-state index in [0.29, 0.717) is 0 Å². The SMILES string of the molecule is [C]1=C/C=C\C=C\CC/C=C/C/C=C/1. The van der Waals surface area contributed by atoms with Crippen LogP contribution in [0.2, 0.25) is 0 Å². The zero-order valence-electron chi connectivity index (χ0n) is 7.82. The van der Waals surface area contributed by atoms with Crippen molar-refractivity contribution in [2.24, 2.45) is 0 Å². The van der Waals surface area contributed by atoms with Gasteiger partial charge in [0.25, 0.3) is 0 Å². The maximum Gasteiger partial charge on any atom is -0.0166 e. The first-order chi connectivity index (χ1) is 6.50. The molecule has 1 aliphatic carbocycles. The molecule has 0 atom stereocenters. The zero-order valence-corrected chi connectivity index (χ0v) is 7.82. The summed E-state index contributed by atoms with van der Waals surface area (Å²) >= 11 is 0. The van der Waals surface area contributed by atoms with E-state index in [0.717, 1.165) is 19.3 Å². The Labute approximate surface area is 80.7 Å². The Hall–Kier alpha value is -1.30. The minimum atomic E-state index is 1.01. The van der Waals surface area contributed by atoms with Gasteiger partial charge in [0.1, 0.15) is 0 Å². The van der Waals surface area contributed by atoms with Crippen molar-refractivity contribution >= 4 is 0 Å². The lowest BCUT2D eigenvalue weighted by Crippen LogP contribution is -1.64. The monoisotopic (exact) mass is 171 g/mol. The average molecular weight is 171 g/mol. The maximum absolute atomic E-state index is 3.06. The van der Waals surface area contributed by atoms with Gasteiger partial charge in [-0.25, -0.2) is 0 Å². The summed E-state index contributed by atoms with van der Waals surface area (Å²) in [7, 11) is 0. The van der Waals surface area contributed by atoms with E-state index in [-0.39, 0.29) is 0 Å². The van der Waals surface area contributed by atoms with Crippen LogP contribution in [0.1, 0.15) is 19.3 Å². The molecule has 67 valence electrons. The molecule has 0 aromatic heterocycles. The standard InChI is InChI=1S/C13H15/c1-2-4-6-8-10-12-13-11-9-7-5-3-1/h1-5,9-12H,6,8,13H2/b3-1-,4-2+,7-5?,11-9+,12-10+. The highest BCUT2D eigenvalue weighted by atomic mass is 13.8. The van der Waals surface area contributed by atoms with Crippen LogP contribution in [0.25, 0.3) is 0 Å². The normalized spacial score (nSPS) is 30.2. The van der Waals surface area contributed by atoms with Gasteiger partial charge in [-0.1, -0.05) is 54.7 Å². The maximum atomic E-state index is 3.06. The van der Waals surface area contributed by atoms with Gasteiger partial charge in [0, 0.05) is 0 Å². The van der Waals surface area contributed by atoms with E-state index in [1.165, 1.54) is 0 Å². The summed E-state index contributed by atoms with van der Waals surface area (Å²) in [5.41, 5.74) is 0. The highest BCUT2D eigenvalue weighted by molar-refractivity contribution is 5.13. The van der Waals surface area contributed by atoms with Crippen molar-refractivity contribution in [2.75, 3.05) is 0 Å². The highest BCUT2D eigenvalue weighted by Gasteiger charge is 1.76. The first-order valence-corrected chi connectivity index (χ1v) is 4.71. The van der Waals surface area contributed by atoms with Gasteiger partial charge in [0.15, 0.2) is 0 Å². The predicted molar refractivity (Wildman–Crippen MR) is 58.2 cm³/mol. The first kappa shape index (κ1) is 9.79. The van der Waals surface area contributed by atoms with Gasteiger partial charge < -0.3 is 0 Å². The van der Waals surface area contributed by atoms with Crippen LogP contribution in [-0.4, -0.2) is 0 Å². The third-order valence-electron chi connectivity index (χ3n) is 1.70. The Morgan fingerprint density at radius 1 is 0.769 bits per heavy atom. The molecular weight excluding hydrogens is 156 g/mol. The van der Waals surface area contributed by atoms with E-state index < -0.39 is 0 Å². The van der Waals surface area contributed by atoms with E-state index in [4.69, 9.17) is 0 Å². The minimum absolute atomic E-state index is 1.01. The summed E-state index contributed by atoms with van der Waals surface area (Å²) < 4.78 is 0. The second-order valence-corrected chi connectivity index (χ2v) is 2.83. The number of allylic oxidation sites excluding steroid dienone is 10. The van der Waals surface area contributed by atoms with Gasteiger partial charge in [-0.05, 0) is 25.3 Å². The summed E-state index contributed by atoms with van der Waals surface area (Å²) in [4.78, 5) is 0. The molecule has 0 spiro atoms. The summed E-state index contributed by atoms with van der Waals surface area (Å²) in [6, 6.07) is 0. The van der Waals surface area contributed by atoms with E-state index in [1.807, 2.05) is 24.3 Å². The molecule has 0 nitrogen and oxygen atoms in total. The van der Waals surface area contributed by atoms with Crippen LogP contribution >= 0.6 is 0 Å². The summed E-state index contributed by atoms with van der Waals surface area (Å²) in [5.74, 6) is 0. The quantitative estimate of drug-likeness (QED) is 0.487. The van der Waals surface area contributed by atoms with Gasteiger partial charge in [0.05, 0.1) is 0 Å². The molecule has 1 radical (unpaired) electrons. The smallest absolute Gasteiger partial charge is 0.0166 e. The average Bonchev–Trinajstić information content (AvgIpc) is 2.18. The topological polar surface area (TPSA) is 0 Å². The van der Waals surface area contributed by atoms with Crippen molar-refractivity contribution in [1.82, 2.24) is 0 Å². The summed E-state index contributed by atoms with van der Waals surface area (Å²) in [6.07, 6.45) is 25.0. The lowest BCUT2D eigenvalue weighted by molar-refractivity contribution is 1.04. The second kappa shape index (κ2) is 7.35. The summed E-state index contributed by atoms with van der Waals surface area (Å²) in [5, 5.41) is 0. The van der Waals surface area contributed by atoms with Crippen LogP contribution in [0.4, 0.5) is 0 Å². The van der Waals surface area contributed by atoms with Crippen molar-refractivity contribution < 1.29 is 0 Å². The molecule has 1 rings (SSSR count). The fourth-order valence-electron chi connectivity index (χ4n) is 1.03. The van der Waals surface area contributed by atoms with Gasteiger partial charge in [-0.15, -0.1) is 0 Å². The molecule has 0 aromatic rings. The van der Waals surface area contributed by atoms with Crippen LogP contribution in [0, 0.1) is 6.08 Å². The fraction of sp³-hybridized carbons (Fsp3) is 0.231. The molecule has 0 aromatic carbocycles. The third-order valence-corrected chi connectivity index (χ3v) is 1.70. The number of hydrogen-bond donors (Lipinski definition) is 0. The van der Waals surface area contributed by atoms with Crippen molar-refractivity contribution in [3.05, 3.63) is 60.8 Å². The molecule has 0 saturated heterocycles. The van der Waals surface area contributed by atoms with Gasteiger partial charge >= 0.3 is 0 Å². The van der Waals surface area contributed by atoms with Gasteiger partial charge in [0.2, 0.25) is 0 Å². The van der Waals surface area contributed by atoms with E-state index in [2.05, 4.69) is 36.5 Å². The molecule has 0 heteroatoms. The third kappa shape index (κ3) is 5.92. The predicted octanol–water partition coefficient (Wildman–Crippen LogP) is 3.75. The molecule has 0 saturated carbocycles. The van der Waals surface area contributed by atoms with Crippen LogP contribution in [-0.2, 0) is 0 Å². The highest BCUT2D eigenvalue weighted by Crippen LogP contribution is 1.96. The molecule has 0 N–H and O–H groups in total. The Balaban J connectivity index is 2.50. The fourth-order valence-corrected chi connectivity index (χ4v) is 1.03. The molecular formula is C13H15. The first-order valence-electron chi connectivity index (χ1n) is 4.71. The Kier molecular flexibility index (Phi) is 5.54. The number of hydrogen-bond acceptors (Lipinski definition) is 0. The van der Waals surface area contributed by atoms with Crippen molar-refractivity contribution in [2.45, 2.75) is 19.3 Å². The molecule has 0 unspecified atom stereocenters. The number of rotatable bonds is 0. The Morgan fingerprint density at radius 3 is 2.69 bits per heavy atom. The molecule has 1 aliphatic rings. The Morgan fingerprint density at radius 2 is 1.69 bits per heavy atom. The molecule has 0 fully saturated rings. The Bertz CT molecular complexity index is 249. The van der Waals surface area contributed by atoms with E-state index in [9.17, 15) is 0 Å². The van der Waals surface area contributed by atoms with Gasteiger partial charge in [-0.3, -0.25) is 0 Å². The molecule has 0 bridgehead atoms. The van der Waals surface area contributed by atoms with Crippen LogP contribution in [0.5, 0.6) is 0 Å². The van der Waals surface area contributed by atoms with Crippen LogP contribution in [0.3, 0.4) is 0 Å². The largest absolute Gasteiger partial charge is 0.0879 e. The van der Waals surface area contributed by atoms with Crippen LogP contribution in [0.15, 0.2) is 54.7 Å². The lowest BCUT2D eigenvalue weighted by atomic mass is 10.2. The summed E-state index contributed by atoms with van der Waals surface area (Å²) in [6.45, 7) is 0. The van der Waals surface area contributed by atoms with Gasteiger partial charge in [-0.2, -0.15) is 0 Å². The van der Waals surface area contributed by atoms with E-state index >= 15 is 0 Å². The van der Waals surface area contributed by atoms with Crippen molar-refractivity contribution in [1.29, 1.82) is 0 Å². The van der Waals surface area contributed by atoms with E-state index in [1.54, 1.807) is 0 Å². The molecule has 0 aliphatic heterocycles. The molecule has 13 heavy (non-hydrogen) atoms. The van der Waals surface area contributed by atoms with Crippen molar-refractivity contribution in [3.63, 3.8) is 0 Å². The molecule has 0 amide bonds. The minimum Gasteiger partial charge on any atom is -0.0879 e. The lowest BCUT2D eigenvalue weighted by Gasteiger charge is -1.84. The van der Waals surface area contributed by atoms with Crippen molar-refractivity contribution in [3.8, 4) is 0 Å².